The molecule has 9 nitrogen and oxygen atoms in total. The first-order valence-corrected chi connectivity index (χ1v) is 5.57. The standard InChI is InChI=1S/C5H14N3O6P/c1-3(4(9)15(12,13)14)7-2-8(11)5(6)10/h3-4,7,9,11H,2H2,1H3,(H2,6,10)(H2,12,13,14). The number of aliphatic hydroxyl groups is 1. The number of primary amides is 1. The number of nitrogens with zero attached hydrogens (tertiary/aromatic N) is 1. The van der Waals surface area contributed by atoms with Gasteiger partial charge in [-0.2, -0.15) is 5.06 Å². The van der Waals surface area contributed by atoms with Crippen LogP contribution in [0.25, 0.3) is 0 Å². The number of carbonyl (C=O) groups is 1. The van der Waals surface area contributed by atoms with Gasteiger partial charge in [0, 0.05) is 6.04 Å². The maximum absolute atomic E-state index is 10.6. The lowest BCUT2D eigenvalue weighted by Gasteiger charge is -2.22. The molecule has 15 heavy (non-hydrogen) atoms. The second-order valence-corrected chi connectivity index (χ2v) is 4.60. The van der Waals surface area contributed by atoms with Crippen molar-refractivity contribution in [3.63, 3.8) is 0 Å². The van der Waals surface area contributed by atoms with E-state index in [1.54, 1.807) is 0 Å². The quantitative estimate of drug-likeness (QED) is 0.144. The summed E-state index contributed by atoms with van der Waals surface area (Å²) in [7, 11) is -4.62. The van der Waals surface area contributed by atoms with Gasteiger partial charge in [0.25, 0.3) is 0 Å². The van der Waals surface area contributed by atoms with Gasteiger partial charge in [0.15, 0.2) is 5.85 Å². The lowest BCUT2D eigenvalue weighted by molar-refractivity contribution is -0.0493. The predicted octanol–water partition coefficient (Wildman–Crippen LogP) is -1.81. The largest absolute Gasteiger partial charge is 0.379 e. The van der Waals surface area contributed by atoms with Gasteiger partial charge >= 0.3 is 13.6 Å². The Bertz CT molecular complexity index is 267. The van der Waals surface area contributed by atoms with Gasteiger partial charge < -0.3 is 20.6 Å². The summed E-state index contributed by atoms with van der Waals surface area (Å²) in [4.78, 5) is 27.5. The van der Waals surface area contributed by atoms with Crippen LogP contribution in [0.3, 0.4) is 0 Å². The molecule has 90 valence electrons. The molecular formula is C5H14N3O6P. The van der Waals surface area contributed by atoms with Crippen LogP contribution in [0.5, 0.6) is 0 Å². The minimum Gasteiger partial charge on any atom is -0.379 e. The average Bonchev–Trinajstić information content (AvgIpc) is 2.10. The van der Waals surface area contributed by atoms with Crippen LogP contribution in [0.1, 0.15) is 6.92 Å². The van der Waals surface area contributed by atoms with Crippen LogP contribution in [-0.2, 0) is 4.57 Å². The zero-order chi connectivity index (χ0) is 12.2. The van der Waals surface area contributed by atoms with E-state index in [2.05, 4.69) is 11.1 Å². The Morgan fingerprint density at radius 3 is 2.40 bits per heavy atom. The number of hydrogen-bond acceptors (Lipinski definition) is 5. The minimum atomic E-state index is -4.62. The zero-order valence-corrected chi connectivity index (χ0v) is 8.83. The zero-order valence-electron chi connectivity index (χ0n) is 7.94. The lowest BCUT2D eigenvalue weighted by atomic mass is 10.4. The molecule has 0 aliphatic rings. The fourth-order valence-corrected chi connectivity index (χ4v) is 1.39. The summed E-state index contributed by atoms with van der Waals surface area (Å²) >= 11 is 0. The van der Waals surface area contributed by atoms with Crippen molar-refractivity contribution in [1.82, 2.24) is 10.4 Å². The van der Waals surface area contributed by atoms with Gasteiger partial charge in [0.05, 0.1) is 0 Å². The Kier molecular flexibility index (Phi) is 5.15. The van der Waals surface area contributed by atoms with Crippen molar-refractivity contribution in [3.05, 3.63) is 0 Å². The van der Waals surface area contributed by atoms with E-state index in [0.29, 0.717) is 0 Å². The van der Waals surface area contributed by atoms with E-state index in [9.17, 15) is 9.36 Å². The third kappa shape index (κ3) is 5.07. The first kappa shape index (κ1) is 14.3. The molecule has 0 radical (unpaired) electrons. The van der Waals surface area contributed by atoms with Gasteiger partial charge in [-0.15, -0.1) is 0 Å². The molecule has 0 aromatic carbocycles. The summed E-state index contributed by atoms with van der Waals surface area (Å²) in [6, 6.07) is -2.14. The van der Waals surface area contributed by atoms with E-state index in [1.807, 2.05) is 0 Å². The second kappa shape index (κ2) is 5.40. The molecule has 0 aromatic heterocycles. The molecule has 0 spiro atoms. The van der Waals surface area contributed by atoms with Crippen molar-refractivity contribution in [2.75, 3.05) is 6.67 Å². The molecule has 2 amide bonds. The number of amides is 2. The van der Waals surface area contributed by atoms with E-state index in [1.165, 1.54) is 6.92 Å². The van der Waals surface area contributed by atoms with Crippen LogP contribution in [0, 0.1) is 0 Å². The van der Waals surface area contributed by atoms with Gasteiger partial charge in [-0.1, -0.05) is 0 Å². The average molecular weight is 243 g/mol. The summed E-state index contributed by atoms with van der Waals surface area (Å²) < 4.78 is 10.6. The van der Waals surface area contributed by atoms with Gasteiger partial charge in [0.2, 0.25) is 0 Å². The Morgan fingerprint density at radius 1 is 1.60 bits per heavy atom. The maximum atomic E-state index is 10.6. The summed E-state index contributed by atoms with van der Waals surface area (Å²) in [6.07, 6.45) is 0. The number of nitrogens with two attached hydrogens (primary N) is 1. The molecule has 0 rings (SSSR count). The molecule has 0 aliphatic carbocycles. The van der Waals surface area contributed by atoms with Gasteiger partial charge in [-0.05, 0) is 6.92 Å². The van der Waals surface area contributed by atoms with Crippen LogP contribution in [0.2, 0.25) is 0 Å². The molecule has 0 aromatic rings. The summed E-state index contributed by atoms with van der Waals surface area (Å²) in [5, 5.41) is 20.2. The molecule has 2 atom stereocenters. The number of urea groups is 1. The highest BCUT2D eigenvalue weighted by Crippen LogP contribution is 2.40. The van der Waals surface area contributed by atoms with Crippen molar-refractivity contribution in [1.29, 1.82) is 0 Å². The number of hydrogen-bond donors (Lipinski definition) is 6. The topological polar surface area (TPSA) is 156 Å². The summed E-state index contributed by atoms with van der Waals surface area (Å²) in [5.74, 6) is -1.92. The van der Waals surface area contributed by atoms with Crippen molar-refractivity contribution in [3.8, 4) is 0 Å². The van der Waals surface area contributed by atoms with Gasteiger partial charge in [-0.25, -0.2) is 4.79 Å². The predicted molar refractivity (Wildman–Crippen MR) is 48.7 cm³/mol. The molecule has 2 unspecified atom stereocenters. The fraction of sp³-hybridized carbons (Fsp3) is 0.800. The maximum Gasteiger partial charge on any atom is 0.355 e. The minimum absolute atomic E-state index is 0.100. The first-order valence-electron chi connectivity index (χ1n) is 3.88. The third-order valence-electron chi connectivity index (χ3n) is 1.61. The molecule has 0 saturated carbocycles. The summed E-state index contributed by atoms with van der Waals surface area (Å²) in [6.45, 7) is 0.826. The van der Waals surface area contributed by atoms with Crippen LogP contribution >= 0.6 is 7.60 Å². The smallest absolute Gasteiger partial charge is 0.355 e. The SMILES string of the molecule is CC(NCN(O)C(N)=O)C(O)P(=O)(O)O. The van der Waals surface area contributed by atoms with E-state index in [-0.39, 0.29) is 5.06 Å². The van der Waals surface area contributed by atoms with Crippen molar-refractivity contribution >= 4 is 13.6 Å². The Labute approximate surface area is 85.6 Å². The van der Waals surface area contributed by atoms with Crippen molar-refractivity contribution in [2.24, 2.45) is 5.73 Å². The van der Waals surface area contributed by atoms with Crippen molar-refractivity contribution in [2.45, 2.75) is 18.8 Å². The van der Waals surface area contributed by atoms with Gasteiger partial charge in [0.1, 0.15) is 6.67 Å². The number of carbonyl (C=O) groups excluding carboxylic acids is 1. The number of nitrogens with one attached hydrogen (secondary N) is 1. The van der Waals surface area contributed by atoms with E-state index in [0.717, 1.165) is 0 Å². The molecule has 0 heterocycles. The highest BCUT2D eigenvalue weighted by atomic mass is 31.2. The lowest BCUT2D eigenvalue weighted by Crippen LogP contribution is -2.46. The second-order valence-electron chi connectivity index (χ2n) is 2.89. The van der Waals surface area contributed by atoms with E-state index < -0.39 is 32.2 Å². The van der Waals surface area contributed by atoms with Crippen LogP contribution in [0.4, 0.5) is 4.79 Å². The Balaban J connectivity index is 4.10. The molecule has 0 bridgehead atoms. The normalized spacial score (nSPS) is 15.8. The molecule has 0 fully saturated rings. The van der Waals surface area contributed by atoms with E-state index >= 15 is 0 Å². The summed E-state index contributed by atoms with van der Waals surface area (Å²) in [5.41, 5.74) is 4.67. The Hall–Kier alpha value is -0.700. The van der Waals surface area contributed by atoms with Crippen LogP contribution < -0.4 is 11.1 Å². The highest BCUT2D eigenvalue weighted by molar-refractivity contribution is 7.52. The fourth-order valence-electron chi connectivity index (χ4n) is 0.705. The molecule has 0 saturated heterocycles. The monoisotopic (exact) mass is 243 g/mol. The van der Waals surface area contributed by atoms with Crippen LogP contribution in [-0.4, -0.2) is 49.8 Å². The molecule has 10 heteroatoms. The van der Waals surface area contributed by atoms with E-state index in [4.69, 9.17) is 20.1 Å². The van der Waals surface area contributed by atoms with Crippen LogP contribution in [0.15, 0.2) is 0 Å². The first-order chi connectivity index (χ1) is 6.66. The molecule has 0 aliphatic heterocycles. The molecule has 7 N–H and O–H groups in total. The number of rotatable bonds is 5. The highest BCUT2D eigenvalue weighted by Gasteiger charge is 2.31. The number of hydroxylamine groups is 2. The molecular weight excluding hydrogens is 229 g/mol. The van der Waals surface area contributed by atoms with Crippen molar-refractivity contribution < 1.29 is 29.5 Å². The number of aliphatic hydroxyl groups excluding tert-OH is 1. The van der Waals surface area contributed by atoms with Gasteiger partial charge in [-0.3, -0.25) is 15.1 Å². The Morgan fingerprint density at radius 2 is 2.07 bits per heavy atom. The third-order valence-corrected chi connectivity index (χ3v) is 2.75.